The molecular weight excluding hydrogens is 437 g/mol. The molecule has 4 bridgehead atoms. The number of amides is 1. The van der Waals surface area contributed by atoms with E-state index in [1.165, 1.54) is 12.1 Å². The monoisotopic (exact) mass is 461 g/mol. The maximum Gasteiger partial charge on any atom is 0.515 e. The molecule has 3 atom stereocenters. The number of rotatable bonds is 0. The second-order valence-electron chi connectivity index (χ2n) is 8.98. The van der Waals surface area contributed by atoms with Crippen molar-refractivity contribution in [2.75, 3.05) is 5.32 Å². The molecule has 172 valence electrons. The molecule has 2 aliphatic rings. The van der Waals surface area contributed by atoms with Gasteiger partial charge in [-0.05, 0) is 55.4 Å². The molecule has 0 spiro atoms. The van der Waals surface area contributed by atoms with Crippen molar-refractivity contribution < 1.29 is 23.2 Å². The molecule has 3 aromatic rings. The zero-order valence-corrected chi connectivity index (χ0v) is 18.7. The molecule has 6 nitrogen and oxygen atoms in total. The van der Waals surface area contributed by atoms with Crippen molar-refractivity contribution in [3.8, 4) is 11.3 Å². The lowest BCUT2D eigenvalue weighted by Gasteiger charge is -2.33. The van der Waals surface area contributed by atoms with Crippen LogP contribution in [0.25, 0.3) is 11.3 Å². The molecule has 2 aromatic heterocycles. The molecule has 2 N–H and O–H groups in total. The van der Waals surface area contributed by atoms with Crippen LogP contribution in [0.4, 0.5) is 14.5 Å². The number of carbonyl (C=O) groups excluding carboxylic acids is 1. The number of halogens is 2. The molecule has 0 radical (unpaired) electrons. The molecule has 3 heterocycles. The first-order valence-corrected chi connectivity index (χ1v) is 11.3. The molecule has 0 saturated heterocycles. The second-order valence-corrected chi connectivity index (χ2v) is 8.98. The Morgan fingerprint density at radius 1 is 1.18 bits per heavy atom. The highest BCUT2D eigenvalue weighted by molar-refractivity contribution is 6.66. The summed E-state index contributed by atoms with van der Waals surface area (Å²) < 4.78 is 31.9. The highest BCUT2D eigenvalue weighted by atomic mass is 19.1. The van der Waals surface area contributed by atoms with Gasteiger partial charge in [0, 0.05) is 23.6 Å². The van der Waals surface area contributed by atoms with Gasteiger partial charge in [-0.15, -0.1) is 0 Å². The Bertz CT molecular complexity index is 1300. The number of aliphatic hydroxyl groups excluding tert-OH is 1. The first kappa shape index (κ1) is 22.3. The summed E-state index contributed by atoms with van der Waals surface area (Å²) in [6.07, 6.45) is 4.49. The molecule has 5 rings (SSSR count). The number of anilines is 1. The molecule has 34 heavy (non-hydrogen) atoms. The van der Waals surface area contributed by atoms with Crippen LogP contribution >= 0.6 is 0 Å². The van der Waals surface area contributed by atoms with Gasteiger partial charge in [0.2, 0.25) is 0 Å². The zero-order valence-electron chi connectivity index (χ0n) is 18.7. The van der Waals surface area contributed by atoms with E-state index >= 15 is 4.39 Å². The number of pyridine rings is 2. The quantitative estimate of drug-likeness (QED) is 0.504. The van der Waals surface area contributed by atoms with Crippen LogP contribution in [0.1, 0.15) is 41.2 Å². The van der Waals surface area contributed by atoms with E-state index < -0.39 is 30.5 Å². The highest BCUT2D eigenvalue weighted by Gasteiger charge is 2.42. The van der Waals surface area contributed by atoms with E-state index in [-0.39, 0.29) is 28.9 Å². The van der Waals surface area contributed by atoms with Crippen molar-refractivity contribution in [2.24, 2.45) is 0 Å². The standard InChI is InChI=1S/C25H23BF2N4O2/c1-26-16-4-3-5-17(27)23(16)24-18(28)7-8-19(30-24)25(34)31-20-13-29-11-10-15(20)14-6-9-22(33)21(12-14)32(26)2/h3-5,7-8,10-11,13-14,21-22,33H,2,6,9,12H2,1H3/p+1. The minimum Gasteiger partial charge on any atom is -0.386 e. The third-order valence-electron chi connectivity index (χ3n) is 7.06. The fourth-order valence-electron chi connectivity index (χ4n) is 5.17. The Morgan fingerprint density at radius 3 is 2.82 bits per heavy atom. The molecule has 1 fully saturated rings. The van der Waals surface area contributed by atoms with E-state index in [0.717, 1.165) is 18.1 Å². The highest BCUT2D eigenvalue weighted by Crippen LogP contribution is 2.38. The summed E-state index contributed by atoms with van der Waals surface area (Å²) in [5.41, 5.74) is 1.63. The van der Waals surface area contributed by atoms with Crippen LogP contribution in [-0.4, -0.2) is 51.2 Å². The molecular formula is C25H24BF2N4O2+. The van der Waals surface area contributed by atoms with Crippen LogP contribution < -0.4 is 10.8 Å². The van der Waals surface area contributed by atoms with Crippen LogP contribution in [-0.2, 0) is 0 Å². The number of hydrogen-bond donors (Lipinski definition) is 2. The normalized spacial score (nSPS) is 22.4. The van der Waals surface area contributed by atoms with Crippen molar-refractivity contribution >= 4 is 30.6 Å². The number of aliphatic hydroxyl groups is 1. The lowest BCUT2D eigenvalue weighted by molar-refractivity contribution is -0.449. The van der Waals surface area contributed by atoms with E-state index in [2.05, 4.69) is 22.0 Å². The summed E-state index contributed by atoms with van der Waals surface area (Å²) in [5.74, 6) is -1.87. The molecule has 1 saturated carbocycles. The average Bonchev–Trinajstić information content (AvgIpc) is 2.84. The van der Waals surface area contributed by atoms with E-state index in [4.69, 9.17) is 0 Å². The average molecular weight is 461 g/mol. The van der Waals surface area contributed by atoms with E-state index in [9.17, 15) is 14.3 Å². The summed E-state index contributed by atoms with van der Waals surface area (Å²) in [7, 11) is 0. The minimum absolute atomic E-state index is 0.0169. The fourth-order valence-corrected chi connectivity index (χ4v) is 5.17. The molecule has 1 aliphatic heterocycles. The lowest BCUT2D eigenvalue weighted by atomic mass is 9.54. The van der Waals surface area contributed by atoms with Gasteiger partial charge in [-0.2, -0.15) is 0 Å². The van der Waals surface area contributed by atoms with E-state index in [0.29, 0.717) is 24.0 Å². The van der Waals surface area contributed by atoms with Gasteiger partial charge in [0.25, 0.3) is 5.91 Å². The van der Waals surface area contributed by atoms with Crippen molar-refractivity contribution in [1.82, 2.24) is 9.97 Å². The summed E-state index contributed by atoms with van der Waals surface area (Å²) in [5, 5.41) is 13.7. The number of nitrogens with zero attached hydrogens (tertiary/aromatic N) is 3. The molecule has 1 aromatic carbocycles. The predicted octanol–water partition coefficient (Wildman–Crippen LogP) is 3.23. The Morgan fingerprint density at radius 2 is 2.00 bits per heavy atom. The fraction of sp³-hybridized carbons (Fsp3) is 0.280. The number of benzene rings is 1. The number of aromatic nitrogens is 2. The van der Waals surface area contributed by atoms with Gasteiger partial charge in [0.05, 0.1) is 11.9 Å². The first-order chi connectivity index (χ1) is 16.3. The summed E-state index contributed by atoms with van der Waals surface area (Å²) in [4.78, 5) is 21.5. The first-order valence-electron chi connectivity index (χ1n) is 11.3. The van der Waals surface area contributed by atoms with Crippen molar-refractivity contribution in [1.29, 1.82) is 0 Å². The smallest absolute Gasteiger partial charge is 0.386 e. The Hall–Kier alpha value is -3.46. The van der Waals surface area contributed by atoms with Gasteiger partial charge in [-0.1, -0.05) is 12.1 Å². The zero-order chi connectivity index (χ0) is 24.0. The Kier molecular flexibility index (Phi) is 5.73. The van der Waals surface area contributed by atoms with Crippen LogP contribution in [0.5, 0.6) is 0 Å². The van der Waals surface area contributed by atoms with Gasteiger partial charge >= 0.3 is 6.85 Å². The third kappa shape index (κ3) is 3.79. The third-order valence-corrected chi connectivity index (χ3v) is 7.06. The maximum atomic E-state index is 15.1. The van der Waals surface area contributed by atoms with Crippen LogP contribution in [0.15, 0.2) is 48.8 Å². The van der Waals surface area contributed by atoms with Gasteiger partial charge < -0.3 is 14.9 Å². The number of hydrogen-bond acceptors (Lipinski definition) is 4. The summed E-state index contributed by atoms with van der Waals surface area (Å²) in [6, 6.07) is 8.44. The van der Waals surface area contributed by atoms with Crippen LogP contribution in [0.2, 0.25) is 6.82 Å². The Balaban J connectivity index is 1.74. The van der Waals surface area contributed by atoms with E-state index in [1.807, 2.05) is 12.9 Å². The maximum absolute atomic E-state index is 15.1. The second kappa shape index (κ2) is 8.72. The molecule has 1 amide bonds. The van der Waals surface area contributed by atoms with Crippen LogP contribution in [0, 0.1) is 11.6 Å². The SMILES string of the molecule is C=[N+]1B(C)c2cccc(F)c2-c2nc(ccc2F)C(=O)Nc2cnccc2C2CCC(O)C1C2. The summed E-state index contributed by atoms with van der Waals surface area (Å²) in [6.45, 7) is 5.62. The summed E-state index contributed by atoms with van der Waals surface area (Å²) >= 11 is 0. The molecule has 1 aliphatic carbocycles. The van der Waals surface area contributed by atoms with Crippen molar-refractivity contribution in [2.45, 2.75) is 44.1 Å². The molecule has 9 heteroatoms. The Labute approximate surface area is 196 Å². The predicted molar refractivity (Wildman–Crippen MR) is 127 cm³/mol. The van der Waals surface area contributed by atoms with E-state index in [1.54, 1.807) is 29.0 Å². The number of carbonyl (C=O) groups is 1. The topological polar surface area (TPSA) is 78.1 Å². The van der Waals surface area contributed by atoms with Gasteiger partial charge in [0.15, 0.2) is 6.04 Å². The van der Waals surface area contributed by atoms with Gasteiger partial charge in [0.1, 0.15) is 35.8 Å². The lowest BCUT2D eigenvalue weighted by Crippen LogP contribution is -2.51. The molecule has 3 unspecified atom stereocenters. The number of nitrogens with one attached hydrogen (secondary N) is 1. The van der Waals surface area contributed by atoms with Gasteiger partial charge in [-0.3, -0.25) is 9.78 Å². The van der Waals surface area contributed by atoms with Gasteiger partial charge in [-0.25, -0.2) is 13.8 Å². The van der Waals surface area contributed by atoms with Crippen molar-refractivity contribution in [3.05, 3.63) is 71.7 Å². The minimum atomic E-state index is -0.738. The largest absolute Gasteiger partial charge is 0.515 e. The van der Waals surface area contributed by atoms with Crippen LogP contribution in [0.3, 0.4) is 0 Å². The van der Waals surface area contributed by atoms with Crippen molar-refractivity contribution in [3.63, 3.8) is 0 Å². The number of fused-ring (bicyclic) bond motifs is 8.